The first-order valence-corrected chi connectivity index (χ1v) is 8.11. The summed E-state index contributed by atoms with van der Waals surface area (Å²) in [4.78, 5) is 0. The van der Waals surface area contributed by atoms with Crippen LogP contribution in [0.5, 0.6) is 0 Å². The topological polar surface area (TPSA) is 25.1 Å². The van der Waals surface area contributed by atoms with Crippen LogP contribution in [0.15, 0.2) is 0 Å². The largest absolute Gasteiger partial charge is 0.373 e. The van der Waals surface area contributed by atoms with Crippen molar-refractivity contribution in [2.24, 2.45) is 5.92 Å². The Labute approximate surface area is 112 Å². The van der Waals surface area contributed by atoms with Gasteiger partial charge in [-0.25, -0.2) is 0 Å². The first kappa shape index (κ1) is 14.3. The molecule has 106 valence electrons. The first-order chi connectivity index (χ1) is 8.88. The van der Waals surface area contributed by atoms with Crippen molar-refractivity contribution in [1.29, 1.82) is 0 Å². The van der Waals surface area contributed by atoms with Crippen molar-refractivity contribution in [3.05, 3.63) is 0 Å². The fraction of sp³-hybridized carbons (Fsp3) is 1.00. The number of unbranched alkanes of at least 4 members (excludes halogenated alkanes) is 6. The number of rotatable bonds is 12. The molecule has 2 aliphatic rings. The van der Waals surface area contributed by atoms with Gasteiger partial charge in [-0.3, -0.25) is 0 Å². The van der Waals surface area contributed by atoms with Crippen molar-refractivity contribution in [1.82, 2.24) is 0 Å². The van der Waals surface area contributed by atoms with Crippen molar-refractivity contribution in [2.75, 3.05) is 13.2 Å². The summed E-state index contributed by atoms with van der Waals surface area (Å²) < 4.78 is 10.7. The minimum absolute atomic E-state index is 0.596. The van der Waals surface area contributed by atoms with Crippen LogP contribution in [0.3, 0.4) is 0 Å². The van der Waals surface area contributed by atoms with Gasteiger partial charge < -0.3 is 9.47 Å². The Bertz CT molecular complexity index is 195. The molecule has 18 heavy (non-hydrogen) atoms. The molecule has 0 aromatic carbocycles. The lowest BCUT2D eigenvalue weighted by Crippen LogP contribution is -2.08. The predicted octanol–water partition coefficient (Wildman–Crippen LogP) is 4.32. The van der Waals surface area contributed by atoms with Gasteiger partial charge in [0.2, 0.25) is 0 Å². The molecule has 2 heteroatoms. The minimum atomic E-state index is 0.596. The van der Waals surface area contributed by atoms with Crippen LogP contribution in [-0.4, -0.2) is 25.4 Å². The molecular formula is C16H30O2. The highest BCUT2D eigenvalue weighted by molar-refractivity contribution is 4.79. The van der Waals surface area contributed by atoms with Gasteiger partial charge >= 0.3 is 0 Å². The maximum atomic E-state index is 5.37. The molecule has 2 saturated heterocycles. The SMILES string of the molecule is CCCCCCCCCC(CC1CO1)CC1CO1. The summed E-state index contributed by atoms with van der Waals surface area (Å²) in [6, 6.07) is 0. The van der Waals surface area contributed by atoms with Gasteiger partial charge in [0.25, 0.3) is 0 Å². The fourth-order valence-corrected chi connectivity index (χ4v) is 2.87. The average molecular weight is 254 g/mol. The molecule has 0 aliphatic carbocycles. The van der Waals surface area contributed by atoms with Crippen LogP contribution in [0, 0.1) is 5.92 Å². The molecule has 0 bridgehead atoms. The molecule has 2 aliphatic heterocycles. The van der Waals surface area contributed by atoms with E-state index in [1.54, 1.807) is 0 Å². The van der Waals surface area contributed by atoms with E-state index in [-0.39, 0.29) is 0 Å². The van der Waals surface area contributed by atoms with Crippen molar-refractivity contribution < 1.29 is 9.47 Å². The maximum absolute atomic E-state index is 5.37. The Kier molecular flexibility index (Phi) is 6.50. The number of hydrogen-bond acceptors (Lipinski definition) is 2. The molecule has 0 spiro atoms. The van der Waals surface area contributed by atoms with E-state index in [1.807, 2.05) is 0 Å². The fourth-order valence-electron chi connectivity index (χ4n) is 2.87. The molecule has 0 N–H and O–H groups in total. The van der Waals surface area contributed by atoms with E-state index in [9.17, 15) is 0 Å². The third-order valence-corrected chi connectivity index (χ3v) is 4.21. The number of hydrogen-bond donors (Lipinski definition) is 0. The summed E-state index contributed by atoms with van der Waals surface area (Å²) in [5, 5.41) is 0. The van der Waals surface area contributed by atoms with E-state index in [1.165, 1.54) is 64.2 Å². The van der Waals surface area contributed by atoms with Crippen LogP contribution >= 0.6 is 0 Å². The van der Waals surface area contributed by atoms with Gasteiger partial charge in [0, 0.05) is 0 Å². The van der Waals surface area contributed by atoms with E-state index in [0.717, 1.165) is 19.1 Å². The summed E-state index contributed by atoms with van der Waals surface area (Å²) in [7, 11) is 0. The molecule has 2 atom stereocenters. The molecule has 0 radical (unpaired) electrons. The monoisotopic (exact) mass is 254 g/mol. The maximum Gasteiger partial charge on any atom is 0.0812 e. The van der Waals surface area contributed by atoms with Crippen LogP contribution in [0.25, 0.3) is 0 Å². The molecule has 0 saturated carbocycles. The van der Waals surface area contributed by atoms with Crippen LogP contribution in [-0.2, 0) is 9.47 Å². The number of epoxide rings is 2. The van der Waals surface area contributed by atoms with Gasteiger partial charge in [0.1, 0.15) is 0 Å². The van der Waals surface area contributed by atoms with Gasteiger partial charge in [0.15, 0.2) is 0 Å². The first-order valence-electron chi connectivity index (χ1n) is 8.11. The second kappa shape index (κ2) is 8.16. The highest BCUT2D eigenvalue weighted by atomic mass is 16.6. The molecular weight excluding hydrogens is 224 g/mol. The molecule has 2 unspecified atom stereocenters. The summed E-state index contributed by atoms with van der Waals surface area (Å²) in [6.07, 6.45) is 15.1. The summed E-state index contributed by atoms with van der Waals surface area (Å²) in [5.41, 5.74) is 0. The van der Waals surface area contributed by atoms with Gasteiger partial charge in [-0.15, -0.1) is 0 Å². The Morgan fingerprint density at radius 3 is 1.83 bits per heavy atom. The zero-order chi connectivity index (χ0) is 12.6. The Morgan fingerprint density at radius 1 is 0.833 bits per heavy atom. The standard InChI is InChI=1S/C16H30O2/c1-2-3-4-5-6-7-8-9-14(10-15-12-17-15)11-16-13-18-16/h14-16H,2-13H2,1H3. The van der Waals surface area contributed by atoms with Gasteiger partial charge in [-0.1, -0.05) is 58.3 Å². The second-order valence-electron chi connectivity index (χ2n) is 6.16. The van der Waals surface area contributed by atoms with Gasteiger partial charge in [-0.2, -0.15) is 0 Å². The summed E-state index contributed by atoms with van der Waals surface area (Å²) in [6.45, 7) is 4.31. The van der Waals surface area contributed by atoms with E-state index < -0.39 is 0 Å². The Balaban J connectivity index is 1.45. The highest BCUT2D eigenvalue weighted by Gasteiger charge is 2.31. The van der Waals surface area contributed by atoms with E-state index in [4.69, 9.17) is 9.47 Å². The smallest absolute Gasteiger partial charge is 0.0812 e. The normalized spacial score (nSPS) is 27.2. The van der Waals surface area contributed by atoms with Crippen molar-refractivity contribution >= 4 is 0 Å². The van der Waals surface area contributed by atoms with E-state index in [0.29, 0.717) is 12.2 Å². The molecule has 2 nitrogen and oxygen atoms in total. The molecule has 2 heterocycles. The van der Waals surface area contributed by atoms with Crippen molar-refractivity contribution in [3.8, 4) is 0 Å². The van der Waals surface area contributed by atoms with E-state index >= 15 is 0 Å². The molecule has 0 aromatic heterocycles. The van der Waals surface area contributed by atoms with E-state index in [2.05, 4.69) is 6.92 Å². The minimum Gasteiger partial charge on any atom is -0.373 e. The summed E-state index contributed by atoms with van der Waals surface area (Å²) >= 11 is 0. The Morgan fingerprint density at radius 2 is 1.33 bits per heavy atom. The average Bonchev–Trinajstić information content (AvgIpc) is 3.23. The Hall–Kier alpha value is -0.0800. The van der Waals surface area contributed by atoms with Crippen LogP contribution in [0.1, 0.15) is 71.1 Å². The molecule has 2 rings (SSSR count). The van der Waals surface area contributed by atoms with Gasteiger partial charge in [-0.05, 0) is 18.8 Å². The van der Waals surface area contributed by atoms with Crippen LogP contribution in [0.2, 0.25) is 0 Å². The van der Waals surface area contributed by atoms with Crippen LogP contribution < -0.4 is 0 Å². The van der Waals surface area contributed by atoms with Crippen molar-refractivity contribution in [2.45, 2.75) is 83.3 Å². The molecule has 2 fully saturated rings. The lowest BCUT2D eigenvalue weighted by atomic mass is 9.91. The summed E-state index contributed by atoms with van der Waals surface area (Å²) in [5.74, 6) is 0.862. The number of ether oxygens (including phenoxy) is 2. The second-order valence-corrected chi connectivity index (χ2v) is 6.16. The zero-order valence-electron chi connectivity index (χ0n) is 12.0. The lowest BCUT2D eigenvalue weighted by Gasteiger charge is -2.14. The third kappa shape index (κ3) is 6.75. The quantitative estimate of drug-likeness (QED) is 0.383. The molecule has 0 aromatic rings. The van der Waals surface area contributed by atoms with Gasteiger partial charge in [0.05, 0.1) is 25.4 Å². The lowest BCUT2D eigenvalue weighted by molar-refractivity contribution is 0.291. The highest BCUT2D eigenvalue weighted by Crippen LogP contribution is 2.30. The third-order valence-electron chi connectivity index (χ3n) is 4.21. The molecule has 0 amide bonds. The zero-order valence-corrected chi connectivity index (χ0v) is 12.0. The van der Waals surface area contributed by atoms with Crippen molar-refractivity contribution in [3.63, 3.8) is 0 Å². The van der Waals surface area contributed by atoms with Crippen LogP contribution in [0.4, 0.5) is 0 Å². The predicted molar refractivity (Wildman–Crippen MR) is 74.8 cm³/mol.